The minimum absolute atomic E-state index is 0.129. The Morgan fingerprint density at radius 1 is 1.19 bits per heavy atom. The molecule has 114 valence electrons. The van der Waals surface area contributed by atoms with E-state index >= 15 is 0 Å². The monoisotopic (exact) mass is 317 g/mol. The molecule has 0 bridgehead atoms. The van der Waals surface area contributed by atoms with Gasteiger partial charge in [-0.25, -0.2) is 0 Å². The summed E-state index contributed by atoms with van der Waals surface area (Å²) in [5, 5.41) is 12.4. The van der Waals surface area contributed by atoms with E-state index < -0.39 is 5.51 Å². The number of alkyl halides is 3. The first-order chi connectivity index (χ1) is 9.98. The van der Waals surface area contributed by atoms with Gasteiger partial charge in [-0.1, -0.05) is 12.1 Å². The van der Waals surface area contributed by atoms with Crippen LogP contribution in [-0.2, 0) is 6.54 Å². The van der Waals surface area contributed by atoms with Gasteiger partial charge in [-0.15, -0.1) is 0 Å². The van der Waals surface area contributed by atoms with E-state index in [-0.39, 0.29) is 29.3 Å². The first kappa shape index (κ1) is 15.9. The number of aliphatic hydroxyl groups excluding tert-OH is 1. The van der Waals surface area contributed by atoms with E-state index in [4.69, 9.17) is 4.42 Å². The lowest BCUT2D eigenvalue weighted by atomic mass is 10.2. The van der Waals surface area contributed by atoms with Gasteiger partial charge in [0.05, 0.1) is 18.9 Å². The lowest BCUT2D eigenvalue weighted by molar-refractivity contribution is -0.0328. The quantitative estimate of drug-likeness (QED) is 0.797. The molecule has 2 rings (SSSR count). The summed E-state index contributed by atoms with van der Waals surface area (Å²) >= 11 is -0.139. The molecule has 0 aliphatic rings. The van der Waals surface area contributed by atoms with Gasteiger partial charge in [0.2, 0.25) is 0 Å². The molecule has 1 aromatic heterocycles. The molecule has 3 nitrogen and oxygen atoms in total. The smallest absolute Gasteiger partial charge is 0.446 e. The van der Waals surface area contributed by atoms with Crippen molar-refractivity contribution in [2.45, 2.75) is 23.0 Å². The van der Waals surface area contributed by atoms with E-state index in [1.54, 1.807) is 24.3 Å². The molecule has 2 aromatic rings. The van der Waals surface area contributed by atoms with Crippen molar-refractivity contribution in [2.75, 3.05) is 6.61 Å². The van der Waals surface area contributed by atoms with Gasteiger partial charge in [0.15, 0.2) is 0 Å². The van der Waals surface area contributed by atoms with E-state index in [9.17, 15) is 18.3 Å². The molecule has 0 radical (unpaired) electrons. The van der Waals surface area contributed by atoms with Crippen molar-refractivity contribution in [2.24, 2.45) is 0 Å². The molecule has 1 atom stereocenters. The Balaban J connectivity index is 1.91. The second kappa shape index (κ2) is 7.02. The zero-order chi connectivity index (χ0) is 15.3. The number of halogens is 3. The zero-order valence-corrected chi connectivity index (χ0v) is 11.7. The highest BCUT2D eigenvalue weighted by molar-refractivity contribution is 8.00. The molecule has 0 aliphatic carbocycles. The predicted octanol–water partition coefficient (Wildman–Crippen LogP) is 3.71. The highest BCUT2D eigenvalue weighted by atomic mass is 32.2. The largest absolute Gasteiger partial charge is 0.468 e. The van der Waals surface area contributed by atoms with E-state index in [0.29, 0.717) is 12.3 Å². The summed E-state index contributed by atoms with van der Waals surface area (Å²) in [5.74, 6) is 0.613. The highest BCUT2D eigenvalue weighted by Crippen LogP contribution is 2.36. The third kappa shape index (κ3) is 5.11. The average molecular weight is 317 g/mol. The van der Waals surface area contributed by atoms with Crippen LogP contribution in [0.2, 0.25) is 0 Å². The van der Waals surface area contributed by atoms with Crippen LogP contribution in [0.1, 0.15) is 17.4 Å². The van der Waals surface area contributed by atoms with Crippen molar-refractivity contribution in [1.82, 2.24) is 5.32 Å². The van der Waals surface area contributed by atoms with Gasteiger partial charge in [0, 0.05) is 11.4 Å². The Bertz CT molecular complexity index is 540. The van der Waals surface area contributed by atoms with Gasteiger partial charge in [-0.3, -0.25) is 0 Å². The normalized spacial score (nSPS) is 13.3. The van der Waals surface area contributed by atoms with Crippen molar-refractivity contribution in [3.8, 4) is 0 Å². The third-order valence-corrected chi connectivity index (χ3v) is 3.52. The van der Waals surface area contributed by atoms with Crippen LogP contribution in [-0.4, -0.2) is 17.2 Å². The van der Waals surface area contributed by atoms with Gasteiger partial charge in [-0.05, 0) is 41.6 Å². The fourth-order valence-electron chi connectivity index (χ4n) is 1.79. The van der Waals surface area contributed by atoms with Crippen molar-refractivity contribution in [1.29, 1.82) is 0 Å². The Hall–Kier alpha value is -1.44. The summed E-state index contributed by atoms with van der Waals surface area (Å²) in [6.07, 6.45) is 1.52. The Morgan fingerprint density at radius 2 is 1.90 bits per heavy atom. The van der Waals surface area contributed by atoms with E-state index in [0.717, 1.165) is 5.56 Å². The summed E-state index contributed by atoms with van der Waals surface area (Å²) in [7, 11) is 0. The van der Waals surface area contributed by atoms with E-state index in [1.165, 1.54) is 18.4 Å². The van der Waals surface area contributed by atoms with Crippen molar-refractivity contribution in [3.05, 3.63) is 54.0 Å². The molecule has 21 heavy (non-hydrogen) atoms. The summed E-state index contributed by atoms with van der Waals surface area (Å²) in [4.78, 5) is 0.149. The number of furan rings is 1. The van der Waals surface area contributed by atoms with Crippen LogP contribution in [0.3, 0.4) is 0 Å². The Kier molecular flexibility index (Phi) is 5.33. The standard InChI is InChI=1S/C14H14F3NO2S/c15-14(16,17)21-11-5-3-10(4-6-11)8-18-12(9-19)13-2-1-7-20-13/h1-7,12,18-19H,8-9H2. The van der Waals surface area contributed by atoms with Gasteiger partial charge in [-0.2, -0.15) is 13.2 Å². The van der Waals surface area contributed by atoms with Crippen molar-refractivity contribution in [3.63, 3.8) is 0 Å². The molecule has 1 aromatic carbocycles. The minimum atomic E-state index is -4.28. The molecule has 1 unspecified atom stereocenters. The summed E-state index contributed by atoms with van der Waals surface area (Å²) < 4.78 is 41.8. The van der Waals surface area contributed by atoms with Gasteiger partial charge < -0.3 is 14.8 Å². The molecular formula is C14H14F3NO2S. The second-order valence-corrected chi connectivity index (χ2v) is 5.46. The van der Waals surface area contributed by atoms with Gasteiger partial charge in [0.1, 0.15) is 5.76 Å². The maximum atomic E-state index is 12.2. The topological polar surface area (TPSA) is 45.4 Å². The first-order valence-corrected chi connectivity index (χ1v) is 7.02. The molecular weight excluding hydrogens is 303 g/mol. The number of hydrogen-bond acceptors (Lipinski definition) is 4. The van der Waals surface area contributed by atoms with Crippen LogP contribution in [0.5, 0.6) is 0 Å². The Morgan fingerprint density at radius 3 is 2.43 bits per heavy atom. The molecule has 0 fully saturated rings. The predicted molar refractivity (Wildman–Crippen MR) is 73.7 cm³/mol. The van der Waals surface area contributed by atoms with Crippen LogP contribution < -0.4 is 5.32 Å². The van der Waals surface area contributed by atoms with E-state index in [2.05, 4.69) is 5.32 Å². The number of hydrogen-bond donors (Lipinski definition) is 2. The molecule has 0 amide bonds. The molecule has 0 aliphatic heterocycles. The van der Waals surface area contributed by atoms with Gasteiger partial charge in [0.25, 0.3) is 0 Å². The number of rotatable bonds is 6. The van der Waals surface area contributed by atoms with Crippen LogP contribution in [0, 0.1) is 0 Å². The Labute approximate surface area is 124 Å². The van der Waals surface area contributed by atoms with Crippen LogP contribution in [0.25, 0.3) is 0 Å². The van der Waals surface area contributed by atoms with Crippen molar-refractivity contribution < 1.29 is 22.7 Å². The minimum Gasteiger partial charge on any atom is -0.468 e. The average Bonchev–Trinajstić information content (AvgIpc) is 2.94. The molecule has 1 heterocycles. The van der Waals surface area contributed by atoms with E-state index in [1.807, 2.05) is 0 Å². The SMILES string of the molecule is OCC(NCc1ccc(SC(F)(F)F)cc1)c1ccco1. The zero-order valence-electron chi connectivity index (χ0n) is 10.9. The van der Waals surface area contributed by atoms with Crippen LogP contribution in [0.4, 0.5) is 13.2 Å². The fourth-order valence-corrected chi connectivity index (χ4v) is 2.33. The number of thioether (sulfide) groups is 1. The molecule has 2 N–H and O–H groups in total. The number of nitrogens with one attached hydrogen (secondary N) is 1. The molecule has 0 saturated carbocycles. The second-order valence-electron chi connectivity index (χ2n) is 4.32. The van der Waals surface area contributed by atoms with Gasteiger partial charge >= 0.3 is 5.51 Å². The van der Waals surface area contributed by atoms with Crippen LogP contribution >= 0.6 is 11.8 Å². The number of benzene rings is 1. The lowest BCUT2D eigenvalue weighted by Gasteiger charge is -2.14. The highest BCUT2D eigenvalue weighted by Gasteiger charge is 2.28. The van der Waals surface area contributed by atoms with Crippen LogP contribution in [0.15, 0.2) is 52.0 Å². The molecule has 7 heteroatoms. The summed E-state index contributed by atoms with van der Waals surface area (Å²) in [6.45, 7) is 0.290. The fraction of sp³-hybridized carbons (Fsp3) is 0.286. The summed E-state index contributed by atoms with van der Waals surface area (Å²) in [6, 6.07) is 9.23. The lowest BCUT2D eigenvalue weighted by Crippen LogP contribution is -2.23. The third-order valence-electron chi connectivity index (χ3n) is 2.78. The molecule has 0 spiro atoms. The number of aliphatic hydroxyl groups is 1. The summed E-state index contributed by atoms with van der Waals surface area (Å²) in [5.41, 5.74) is -3.45. The maximum Gasteiger partial charge on any atom is 0.446 e. The van der Waals surface area contributed by atoms with Crippen molar-refractivity contribution >= 4 is 11.8 Å². The first-order valence-electron chi connectivity index (χ1n) is 6.20. The maximum absolute atomic E-state index is 12.2. The molecule has 0 saturated heterocycles.